The maximum Gasteiger partial charge on any atom is -0.0162 e. The topological polar surface area (TPSA) is 0 Å². The van der Waals surface area contributed by atoms with Gasteiger partial charge in [-0.15, -0.1) is 0 Å². The van der Waals surface area contributed by atoms with Gasteiger partial charge in [-0.2, -0.15) is 0 Å². The molecule has 0 unspecified atom stereocenters. The van der Waals surface area contributed by atoms with E-state index in [-0.39, 0.29) is 0 Å². The number of hydrogen-bond donors (Lipinski definition) is 0. The molecule has 0 bridgehead atoms. The average Bonchev–Trinajstić information content (AvgIpc) is 2.67. The predicted molar refractivity (Wildman–Crippen MR) is 111 cm³/mol. The highest BCUT2D eigenvalue weighted by Gasteiger charge is 2.22. The van der Waals surface area contributed by atoms with Gasteiger partial charge in [0.2, 0.25) is 0 Å². The van der Waals surface area contributed by atoms with E-state index >= 15 is 0 Å². The van der Waals surface area contributed by atoms with Gasteiger partial charge in [0.15, 0.2) is 0 Å². The van der Waals surface area contributed by atoms with Crippen LogP contribution in [0.15, 0.2) is 36.4 Å². The molecule has 0 heteroatoms. The average molecular weight is 337 g/mol. The molecule has 0 heterocycles. The molecule has 0 amide bonds. The standard InChI is InChI=1S/C25H36/c1-3-5-6-7-8-9-21-11-13-22(14-12-21)24-17-16-23-18-20(4-2)10-15-25(23)19-24/h10,15-19,21-22H,3-9,11-14H2,1-2H3/t21-,22-. The molecule has 0 atom stereocenters. The molecule has 1 aliphatic rings. The van der Waals surface area contributed by atoms with Crippen LogP contribution < -0.4 is 0 Å². The minimum atomic E-state index is 0.798. The SMILES string of the molecule is CCCCCCC[C@H]1CC[C@H](c2ccc3cc(CC)ccc3c2)CC1. The molecule has 0 radical (unpaired) electrons. The summed E-state index contributed by atoms with van der Waals surface area (Å²) in [7, 11) is 0. The molecule has 1 fully saturated rings. The largest absolute Gasteiger partial charge is 0.0654 e. The molecule has 3 rings (SSSR count). The molecule has 2 aromatic rings. The van der Waals surface area contributed by atoms with Crippen molar-refractivity contribution in [3.05, 3.63) is 47.5 Å². The van der Waals surface area contributed by atoms with Crippen molar-refractivity contribution in [3.63, 3.8) is 0 Å². The lowest BCUT2D eigenvalue weighted by molar-refractivity contribution is 0.302. The molecule has 25 heavy (non-hydrogen) atoms. The van der Waals surface area contributed by atoms with Gasteiger partial charge in [-0.1, -0.05) is 88.8 Å². The summed E-state index contributed by atoms with van der Waals surface area (Å²) in [5, 5.41) is 2.83. The molecule has 0 aromatic heterocycles. The Kier molecular flexibility index (Phi) is 6.96. The van der Waals surface area contributed by atoms with Crippen molar-refractivity contribution in [1.82, 2.24) is 0 Å². The molecule has 0 spiro atoms. The lowest BCUT2D eigenvalue weighted by atomic mass is 9.76. The first-order chi connectivity index (χ1) is 12.3. The van der Waals surface area contributed by atoms with Crippen molar-refractivity contribution in [3.8, 4) is 0 Å². The third kappa shape index (κ3) is 5.09. The van der Waals surface area contributed by atoms with Crippen LogP contribution in [-0.2, 0) is 6.42 Å². The summed E-state index contributed by atoms with van der Waals surface area (Å²) in [5.74, 6) is 1.80. The fourth-order valence-corrected chi connectivity index (χ4v) is 4.61. The van der Waals surface area contributed by atoms with Crippen LogP contribution in [0.25, 0.3) is 10.8 Å². The van der Waals surface area contributed by atoms with E-state index in [0.717, 1.165) is 18.3 Å². The van der Waals surface area contributed by atoms with Crippen LogP contribution in [0.5, 0.6) is 0 Å². The number of hydrogen-bond acceptors (Lipinski definition) is 0. The van der Waals surface area contributed by atoms with Crippen molar-refractivity contribution in [2.75, 3.05) is 0 Å². The Hall–Kier alpha value is -1.30. The predicted octanol–water partition coefficient (Wildman–Crippen LogP) is 8.04. The van der Waals surface area contributed by atoms with Gasteiger partial charge in [0.05, 0.1) is 0 Å². The molecule has 1 aliphatic carbocycles. The summed E-state index contributed by atoms with van der Waals surface area (Å²) < 4.78 is 0. The van der Waals surface area contributed by atoms with Crippen LogP contribution in [0, 0.1) is 5.92 Å². The number of fused-ring (bicyclic) bond motifs is 1. The number of aryl methyl sites for hydroxylation is 1. The smallest absolute Gasteiger partial charge is 0.0162 e. The van der Waals surface area contributed by atoms with Crippen LogP contribution in [-0.4, -0.2) is 0 Å². The highest BCUT2D eigenvalue weighted by Crippen LogP contribution is 2.38. The van der Waals surface area contributed by atoms with E-state index in [1.165, 1.54) is 80.5 Å². The van der Waals surface area contributed by atoms with Crippen molar-refractivity contribution in [2.45, 2.75) is 90.4 Å². The summed E-state index contributed by atoms with van der Waals surface area (Å²) in [6, 6.07) is 14.2. The quantitative estimate of drug-likeness (QED) is 0.428. The van der Waals surface area contributed by atoms with E-state index in [1.807, 2.05) is 0 Å². The second kappa shape index (κ2) is 9.41. The van der Waals surface area contributed by atoms with Gasteiger partial charge < -0.3 is 0 Å². The maximum atomic E-state index is 2.46. The first-order valence-corrected chi connectivity index (χ1v) is 10.8. The van der Waals surface area contributed by atoms with Crippen molar-refractivity contribution in [2.24, 2.45) is 5.92 Å². The third-order valence-corrected chi connectivity index (χ3v) is 6.37. The van der Waals surface area contributed by atoms with Gasteiger partial charge >= 0.3 is 0 Å². The lowest BCUT2D eigenvalue weighted by Crippen LogP contribution is -2.13. The second-order valence-corrected chi connectivity index (χ2v) is 8.22. The van der Waals surface area contributed by atoms with Crippen LogP contribution in [0.2, 0.25) is 0 Å². The molecule has 136 valence electrons. The molecule has 2 aromatic carbocycles. The molecular formula is C25H36. The zero-order valence-corrected chi connectivity index (χ0v) is 16.4. The van der Waals surface area contributed by atoms with Crippen molar-refractivity contribution >= 4 is 10.8 Å². The maximum absolute atomic E-state index is 2.46. The second-order valence-electron chi connectivity index (χ2n) is 8.22. The fourth-order valence-electron chi connectivity index (χ4n) is 4.61. The monoisotopic (exact) mass is 336 g/mol. The Morgan fingerprint density at radius 1 is 0.760 bits per heavy atom. The van der Waals surface area contributed by atoms with E-state index in [9.17, 15) is 0 Å². The van der Waals surface area contributed by atoms with Gasteiger partial charge in [-0.3, -0.25) is 0 Å². The van der Waals surface area contributed by atoms with Crippen molar-refractivity contribution in [1.29, 1.82) is 0 Å². The molecular weight excluding hydrogens is 300 g/mol. The molecule has 0 aliphatic heterocycles. The highest BCUT2D eigenvalue weighted by molar-refractivity contribution is 5.84. The van der Waals surface area contributed by atoms with Gasteiger partial charge in [-0.05, 0) is 65.8 Å². The third-order valence-electron chi connectivity index (χ3n) is 6.37. The Morgan fingerprint density at radius 3 is 2.24 bits per heavy atom. The normalized spacial score (nSPS) is 20.9. The van der Waals surface area contributed by atoms with E-state index in [1.54, 1.807) is 5.56 Å². The Balaban J connectivity index is 1.51. The van der Waals surface area contributed by atoms with E-state index < -0.39 is 0 Å². The molecule has 0 saturated heterocycles. The zero-order chi connectivity index (χ0) is 17.5. The van der Waals surface area contributed by atoms with Crippen LogP contribution in [0.1, 0.15) is 95.1 Å². The summed E-state index contributed by atoms with van der Waals surface area (Å²) in [6.07, 6.45) is 15.5. The van der Waals surface area contributed by atoms with Crippen LogP contribution >= 0.6 is 0 Å². The molecule has 0 N–H and O–H groups in total. The first kappa shape index (κ1) is 18.5. The minimum Gasteiger partial charge on any atom is -0.0654 e. The van der Waals surface area contributed by atoms with Crippen molar-refractivity contribution < 1.29 is 0 Å². The van der Waals surface area contributed by atoms with Gasteiger partial charge in [0, 0.05) is 0 Å². The number of unbranched alkanes of at least 4 members (excludes halogenated alkanes) is 4. The molecule has 0 nitrogen and oxygen atoms in total. The van der Waals surface area contributed by atoms with E-state index in [4.69, 9.17) is 0 Å². The minimum absolute atomic E-state index is 0.798. The van der Waals surface area contributed by atoms with Crippen LogP contribution in [0.3, 0.4) is 0 Å². The van der Waals surface area contributed by atoms with Gasteiger partial charge in [0.1, 0.15) is 0 Å². The summed E-state index contributed by atoms with van der Waals surface area (Å²) >= 11 is 0. The van der Waals surface area contributed by atoms with Gasteiger partial charge in [0.25, 0.3) is 0 Å². The molecule has 1 saturated carbocycles. The zero-order valence-electron chi connectivity index (χ0n) is 16.4. The van der Waals surface area contributed by atoms with Gasteiger partial charge in [-0.25, -0.2) is 0 Å². The number of rotatable bonds is 8. The Morgan fingerprint density at radius 2 is 1.48 bits per heavy atom. The first-order valence-electron chi connectivity index (χ1n) is 10.8. The highest BCUT2D eigenvalue weighted by atomic mass is 14.3. The summed E-state index contributed by atoms with van der Waals surface area (Å²) in [4.78, 5) is 0. The summed E-state index contributed by atoms with van der Waals surface area (Å²) in [5.41, 5.74) is 3.03. The number of benzene rings is 2. The Labute approximate surface area is 155 Å². The Bertz CT molecular complexity index is 646. The fraction of sp³-hybridized carbons (Fsp3) is 0.600. The van der Waals surface area contributed by atoms with Crippen LogP contribution in [0.4, 0.5) is 0 Å². The summed E-state index contributed by atoms with van der Waals surface area (Å²) in [6.45, 7) is 4.54. The lowest BCUT2D eigenvalue weighted by Gasteiger charge is -2.29. The van der Waals surface area contributed by atoms with E-state index in [0.29, 0.717) is 0 Å². The van der Waals surface area contributed by atoms with E-state index in [2.05, 4.69) is 50.2 Å².